The zero-order chi connectivity index (χ0) is 21.9. The number of nitrogens with one attached hydrogen (secondary N) is 2. The molecule has 0 spiro atoms. The molecule has 3 heterocycles. The number of likely N-dealkylation sites (N-methyl/N-ethyl adjacent to an activating group) is 1. The molecule has 2 N–H and O–H groups in total. The lowest BCUT2D eigenvalue weighted by molar-refractivity contribution is 0.0915. The van der Waals surface area contributed by atoms with Crippen LogP contribution in [0.5, 0.6) is 5.75 Å². The highest BCUT2D eigenvalue weighted by Gasteiger charge is 2.27. The predicted octanol–water partition coefficient (Wildman–Crippen LogP) is 1.58. The summed E-state index contributed by atoms with van der Waals surface area (Å²) < 4.78 is 6.06. The van der Waals surface area contributed by atoms with Gasteiger partial charge in [-0.2, -0.15) is 0 Å². The number of nitrogens with zero attached hydrogens (tertiary/aromatic N) is 3. The fourth-order valence-corrected chi connectivity index (χ4v) is 4.84. The molecule has 1 atom stereocenters. The molecule has 2 fully saturated rings. The number of ether oxygens (including phenoxy) is 1. The number of anilines is 2. The number of carbonyl (C=O) groups is 1. The third kappa shape index (κ3) is 4.54. The average Bonchev–Trinajstić information content (AvgIpc) is 2.85. The molecule has 0 aromatic heterocycles. The fraction of sp³-hybridized carbons (Fsp3) is 0.480. The summed E-state index contributed by atoms with van der Waals surface area (Å²) in [7, 11) is 2.17. The number of rotatable bonds is 4. The molecule has 2 aromatic carbocycles. The van der Waals surface area contributed by atoms with Gasteiger partial charge in [-0.1, -0.05) is 6.07 Å². The highest BCUT2D eigenvalue weighted by atomic mass is 16.5. The van der Waals surface area contributed by atoms with Crippen LogP contribution in [0.4, 0.5) is 11.4 Å². The Morgan fingerprint density at radius 2 is 1.72 bits per heavy atom. The molecular weight excluding hydrogens is 402 g/mol. The summed E-state index contributed by atoms with van der Waals surface area (Å²) >= 11 is 0. The molecular formula is C25H33N5O2. The summed E-state index contributed by atoms with van der Waals surface area (Å²) in [6.07, 6.45) is 0.794. The van der Waals surface area contributed by atoms with E-state index in [1.165, 1.54) is 16.9 Å². The van der Waals surface area contributed by atoms with Gasteiger partial charge in [0.2, 0.25) is 0 Å². The fourth-order valence-electron chi connectivity index (χ4n) is 4.84. The smallest absolute Gasteiger partial charge is 0.251 e. The van der Waals surface area contributed by atoms with Crippen molar-refractivity contribution in [3.63, 3.8) is 0 Å². The van der Waals surface area contributed by atoms with Gasteiger partial charge in [-0.25, -0.2) is 0 Å². The molecule has 7 heteroatoms. The van der Waals surface area contributed by atoms with E-state index in [9.17, 15) is 4.79 Å². The standard InChI is InChI=1S/C25H33N5O2/c1-28-13-15-30(16-14-28)23-3-2-4-24-22(23)17-20(18-32-24)27-25(31)19-5-7-21(8-6-19)29-11-9-26-10-12-29/h2-8,20,26H,9-18H2,1H3,(H,27,31). The van der Waals surface area contributed by atoms with Gasteiger partial charge in [0.05, 0.1) is 6.04 Å². The van der Waals surface area contributed by atoms with Crippen molar-refractivity contribution in [3.05, 3.63) is 53.6 Å². The van der Waals surface area contributed by atoms with E-state index in [0.717, 1.165) is 64.5 Å². The summed E-state index contributed by atoms with van der Waals surface area (Å²) in [5.74, 6) is 0.915. The Labute approximate surface area is 190 Å². The van der Waals surface area contributed by atoms with Crippen molar-refractivity contribution in [1.82, 2.24) is 15.5 Å². The SMILES string of the molecule is CN1CCN(c2cccc3c2CC(NC(=O)c2ccc(N4CCNCC4)cc2)CO3)CC1. The van der Waals surface area contributed by atoms with Gasteiger partial charge in [0, 0.05) is 81.3 Å². The van der Waals surface area contributed by atoms with Crippen molar-refractivity contribution in [2.75, 3.05) is 75.8 Å². The van der Waals surface area contributed by atoms with Crippen LogP contribution in [0.1, 0.15) is 15.9 Å². The second-order valence-corrected chi connectivity index (χ2v) is 9.01. The summed E-state index contributed by atoms with van der Waals surface area (Å²) in [4.78, 5) is 20.1. The van der Waals surface area contributed by atoms with Crippen LogP contribution in [0.3, 0.4) is 0 Å². The van der Waals surface area contributed by atoms with Crippen molar-refractivity contribution in [2.45, 2.75) is 12.5 Å². The maximum atomic E-state index is 12.9. The molecule has 2 aromatic rings. The van der Waals surface area contributed by atoms with E-state index in [2.05, 4.69) is 56.6 Å². The lowest BCUT2D eigenvalue weighted by atomic mass is 9.99. The largest absolute Gasteiger partial charge is 0.491 e. The molecule has 5 rings (SSSR count). The van der Waals surface area contributed by atoms with Crippen LogP contribution in [0.25, 0.3) is 0 Å². The van der Waals surface area contributed by atoms with E-state index < -0.39 is 0 Å². The van der Waals surface area contributed by atoms with Crippen LogP contribution in [0.2, 0.25) is 0 Å². The molecule has 1 amide bonds. The van der Waals surface area contributed by atoms with Crippen molar-refractivity contribution >= 4 is 17.3 Å². The van der Waals surface area contributed by atoms with Crippen molar-refractivity contribution in [2.24, 2.45) is 0 Å². The van der Waals surface area contributed by atoms with Crippen molar-refractivity contribution < 1.29 is 9.53 Å². The lowest BCUT2D eigenvalue weighted by Gasteiger charge is -2.37. The van der Waals surface area contributed by atoms with E-state index in [1.807, 2.05) is 18.2 Å². The van der Waals surface area contributed by atoms with Crippen LogP contribution in [0.15, 0.2) is 42.5 Å². The second kappa shape index (κ2) is 9.38. The molecule has 170 valence electrons. The highest BCUT2D eigenvalue weighted by molar-refractivity contribution is 5.94. The maximum absolute atomic E-state index is 12.9. The first-order valence-corrected chi connectivity index (χ1v) is 11.7. The monoisotopic (exact) mass is 435 g/mol. The molecule has 2 saturated heterocycles. The average molecular weight is 436 g/mol. The summed E-state index contributed by atoms with van der Waals surface area (Å²) in [6, 6.07) is 14.2. The lowest BCUT2D eigenvalue weighted by Crippen LogP contribution is -2.46. The first-order valence-electron chi connectivity index (χ1n) is 11.7. The van der Waals surface area contributed by atoms with Gasteiger partial charge in [-0.15, -0.1) is 0 Å². The predicted molar refractivity (Wildman–Crippen MR) is 128 cm³/mol. The number of piperazine rings is 2. The van der Waals surface area contributed by atoms with Crippen LogP contribution in [0, 0.1) is 0 Å². The van der Waals surface area contributed by atoms with Gasteiger partial charge in [0.15, 0.2) is 0 Å². The van der Waals surface area contributed by atoms with Gasteiger partial charge in [0.25, 0.3) is 5.91 Å². The second-order valence-electron chi connectivity index (χ2n) is 9.01. The molecule has 7 nitrogen and oxygen atoms in total. The highest BCUT2D eigenvalue weighted by Crippen LogP contribution is 2.34. The Balaban J connectivity index is 1.24. The van der Waals surface area contributed by atoms with Gasteiger partial charge >= 0.3 is 0 Å². The van der Waals surface area contributed by atoms with Gasteiger partial charge in [-0.05, 0) is 43.4 Å². The van der Waals surface area contributed by atoms with Crippen LogP contribution >= 0.6 is 0 Å². The molecule has 32 heavy (non-hydrogen) atoms. The molecule has 0 aliphatic carbocycles. The van der Waals surface area contributed by atoms with E-state index >= 15 is 0 Å². The third-order valence-corrected chi connectivity index (χ3v) is 6.79. The van der Waals surface area contributed by atoms with E-state index in [0.29, 0.717) is 12.2 Å². The quantitative estimate of drug-likeness (QED) is 0.761. The summed E-state index contributed by atoms with van der Waals surface area (Å²) in [6.45, 7) is 8.67. The van der Waals surface area contributed by atoms with Gasteiger partial charge in [-0.3, -0.25) is 4.79 Å². The minimum Gasteiger partial charge on any atom is -0.491 e. The minimum absolute atomic E-state index is 0.0311. The van der Waals surface area contributed by atoms with Crippen molar-refractivity contribution in [3.8, 4) is 5.75 Å². The minimum atomic E-state index is -0.0361. The van der Waals surface area contributed by atoms with Crippen LogP contribution in [-0.4, -0.2) is 82.9 Å². The molecule has 0 saturated carbocycles. The summed E-state index contributed by atoms with van der Waals surface area (Å²) in [5, 5.41) is 6.57. The van der Waals surface area contributed by atoms with Gasteiger partial charge in [0.1, 0.15) is 12.4 Å². The molecule has 3 aliphatic rings. The number of carbonyl (C=O) groups excluding carboxylic acids is 1. The van der Waals surface area contributed by atoms with Crippen LogP contribution < -0.4 is 25.2 Å². The zero-order valence-electron chi connectivity index (χ0n) is 18.8. The van der Waals surface area contributed by atoms with E-state index in [4.69, 9.17) is 4.74 Å². The number of fused-ring (bicyclic) bond motifs is 1. The first-order chi connectivity index (χ1) is 15.7. The Morgan fingerprint density at radius 1 is 0.969 bits per heavy atom. The molecule has 0 bridgehead atoms. The zero-order valence-corrected chi connectivity index (χ0v) is 18.8. The van der Waals surface area contributed by atoms with E-state index in [-0.39, 0.29) is 11.9 Å². The number of hydrogen-bond acceptors (Lipinski definition) is 6. The Hall–Kier alpha value is -2.77. The topological polar surface area (TPSA) is 60.1 Å². The van der Waals surface area contributed by atoms with Crippen molar-refractivity contribution in [1.29, 1.82) is 0 Å². The Bertz CT molecular complexity index is 934. The molecule has 3 aliphatic heterocycles. The first kappa shape index (κ1) is 21.1. The number of hydrogen-bond donors (Lipinski definition) is 2. The third-order valence-electron chi connectivity index (χ3n) is 6.79. The van der Waals surface area contributed by atoms with Gasteiger partial charge < -0.3 is 30.1 Å². The molecule has 1 unspecified atom stereocenters. The van der Waals surface area contributed by atoms with E-state index in [1.54, 1.807) is 0 Å². The number of benzene rings is 2. The maximum Gasteiger partial charge on any atom is 0.251 e. The Kier molecular flexibility index (Phi) is 6.19. The number of amides is 1. The summed E-state index contributed by atoms with van der Waals surface area (Å²) in [5.41, 5.74) is 4.33. The Morgan fingerprint density at radius 3 is 2.47 bits per heavy atom. The molecule has 0 radical (unpaired) electrons. The normalized spacial score (nSPS) is 21.6. The van der Waals surface area contributed by atoms with Crippen LogP contribution in [-0.2, 0) is 6.42 Å².